The lowest BCUT2D eigenvalue weighted by atomic mass is 10.0. The first-order chi connectivity index (χ1) is 12.9. The normalized spacial score (nSPS) is 18.5. The average Bonchev–Trinajstić information content (AvgIpc) is 3.07. The number of alkyl halides is 3. The lowest BCUT2D eigenvalue weighted by Gasteiger charge is -2.22. The number of methoxy groups -OCH3 is 1. The molecule has 0 amide bonds. The van der Waals surface area contributed by atoms with E-state index in [1.807, 2.05) is 24.3 Å². The van der Waals surface area contributed by atoms with Gasteiger partial charge in [0.05, 0.1) is 7.11 Å². The third kappa shape index (κ3) is 7.12. The van der Waals surface area contributed by atoms with Crippen molar-refractivity contribution in [1.82, 2.24) is 10.6 Å². The quantitative estimate of drug-likeness (QED) is 0.599. The summed E-state index contributed by atoms with van der Waals surface area (Å²) in [5, 5.41) is 7.51. The van der Waals surface area contributed by atoms with E-state index in [0.717, 1.165) is 18.5 Å². The Hall–Kier alpha value is -1.38. The second kappa shape index (κ2) is 11.1. The fourth-order valence-electron chi connectivity index (χ4n) is 3.30. The zero-order valence-electron chi connectivity index (χ0n) is 15.5. The summed E-state index contributed by atoms with van der Waals surface area (Å²) in [5.74, 6) is 0.235. The van der Waals surface area contributed by atoms with Gasteiger partial charge in [-0.3, -0.25) is 0 Å². The van der Waals surface area contributed by atoms with E-state index in [2.05, 4.69) is 15.4 Å². The van der Waals surface area contributed by atoms with Gasteiger partial charge in [-0.2, -0.15) is 0 Å². The van der Waals surface area contributed by atoms with E-state index in [-0.39, 0.29) is 42.6 Å². The van der Waals surface area contributed by atoms with Crippen LogP contribution in [0.5, 0.6) is 11.5 Å². The first-order valence-corrected chi connectivity index (χ1v) is 8.88. The molecule has 2 N–H and O–H groups in total. The lowest BCUT2D eigenvalue weighted by Crippen LogP contribution is -2.34. The first kappa shape index (κ1) is 25.7. The molecule has 0 spiro atoms. The van der Waals surface area contributed by atoms with Crippen LogP contribution in [0.4, 0.5) is 13.2 Å². The monoisotopic (exact) mass is 472 g/mol. The van der Waals surface area contributed by atoms with Crippen LogP contribution >= 0.6 is 36.4 Å². The zero-order chi connectivity index (χ0) is 19.4. The lowest BCUT2D eigenvalue weighted by molar-refractivity contribution is -0.274. The van der Waals surface area contributed by atoms with Crippen molar-refractivity contribution in [2.45, 2.75) is 31.4 Å². The molecule has 1 aliphatic heterocycles. The van der Waals surface area contributed by atoms with E-state index in [9.17, 15) is 13.2 Å². The van der Waals surface area contributed by atoms with Crippen molar-refractivity contribution in [2.24, 2.45) is 0 Å². The van der Waals surface area contributed by atoms with Crippen LogP contribution in [-0.4, -0.2) is 26.1 Å². The van der Waals surface area contributed by atoms with Crippen LogP contribution in [-0.2, 0) is 6.54 Å². The van der Waals surface area contributed by atoms with Crippen LogP contribution in [0.2, 0.25) is 5.02 Å². The fraction of sp³-hybridized carbons (Fsp3) is 0.368. The summed E-state index contributed by atoms with van der Waals surface area (Å²) < 4.78 is 46.7. The maximum absolute atomic E-state index is 12.5. The second-order valence-corrected chi connectivity index (χ2v) is 6.72. The zero-order valence-corrected chi connectivity index (χ0v) is 17.9. The summed E-state index contributed by atoms with van der Waals surface area (Å²) in [6.07, 6.45) is -3.84. The fourth-order valence-corrected chi connectivity index (χ4v) is 3.50. The highest BCUT2D eigenvalue weighted by Gasteiger charge is 2.32. The number of halogens is 6. The van der Waals surface area contributed by atoms with Gasteiger partial charge in [0.25, 0.3) is 0 Å². The highest BCUT2D eigenvalue weighted by atomic mass is 35.5. The SMILES string of the molecule is COc1ccc(OC(F)(F)F)cc1CNC1CCNC1c1cccc(Cl)c1.Cl.Cl. The van der Waals surface area contributed by atoms with Crippen molar-refractivity contribution in [3.05, 3.63) is 58.6 Å². The first-order valence-electron chi connectivity index (χ1n) is 8.50. The summed E-state index contributed by atoms with van der Waals surface area (Å²) in [7, 11) is 1.48. The standard InChI is InChI=1S/C19H20ClF3N2O2.2ClH/c1-26-17-6-5-15(27-19(21,22)23)10-13(17)11-25-16-7-8-24-18(16)12-3-2-4-14(20)9-12;;/h2-6,9-10,16,18,24-25H,7-8,11H2,1H3;2*1H. The van der Waals surface area contributed by atoms with E-state index in [4.69, 9.17) is 16.3 Å². The molecule has 0 radical (unpaired) electrons. The summed E-state index contributed by atoms with van der Waals surface area (Å²) in [6.45, 7) is 1.19. The van der Waals surface area contributed by atoms with E-state index in [1.54, 1.807) is 0 Å². The highest BCUT2D eigenvalue weighted by Crippen LogP contribution is 2.30. The molecule has 162 valence electrons. The Bertz CT molecular complexity index is 794. The molecular weight excluding hydrogens is 452 g/mol. The Morgan fingerprint density at radius 2 is 1.93 bits per heavy atom. The van der Waals surface area contributed by atoms with Gasteiger partial charge in [0.2, 0.25) is 0 Å². The summed E-state index contributed by atoms with van der Waals surface area (Å²) >= 11 is 6.08. The van der Waals surface area contributed by atoms with Gasteiger partial charge >= 0.3 is 6.36 Å². The topological polar surface area (TPSA) is 42.5 Å². The number of hydrogen-bond acceptors (Lipinski definition) is 4. The van der Waals surface area contributed by atoms with Gasteiger partial charge in [-0.25, -0.2) is 0 Å². The molecule has 2 aromatic carbocycles. The van der Waals surface area contributed by atoms with Crippen LogP contribution < -0.4 is 20.1 Å². The summed E-state index contributed by atoms with van der Waals surface area (Å²) in [5.41, 5.74) is 1.66. The molecule has 29 heavy (non-hydrogen) atoms. The second-order valence-electron chi connectivity index (χ2n) is 6.28. The van der Waals surface area contributed by atoms with Gasteiger partial charge in [-0.05, 0) is 48.9 Å². The Morgan fingerprint density at radius 3 is 2.59 bits per heavy atom. The number of nitrogens with one attached hydrogen (secondary N) is 2. The van der Waals surface area contributed by atoms with Crippen molar-refractivity contribution in [3.63, 3.8) is 0 Å². The van der Waals surface area contributed by atoms with E-state index in [0.29, 0.717) is 22.9 Å². The highest BCUT2D eigenvalue weighted by molar-refractivity contribution is 6.30. The molecule has 0 saturated carbocycles. The molecule has 2 aromatic rings. The number of benzene rings is 2. The van der Waals surface area contributed by atoms with Gasteiger partial charge in [-0.15, -0.1) is 38.0 Å². The molecule has 10 heteroatoms. The molecule has 1 aliphatic rings. The van der Waals surface area contributed by atoms with Crippen molar-refractivity contribution in [1.29, 1.82) is 0 Å². The van der Waals surface area contributed by atoms with Gasteiger partial charge in [-0.1, -0.05) is 23.7 Å². The third-order valence-corrected chi connectivity index (χ3v) is 4.70. The van der Waals surface area contributed by atoms with Crippen molar-refractivity contribution in [2.75, 3.05) is 13.7 Å². The maximum Gasteiger partial charge on any atom is 0.573 e. The Morgan fingerprint density at radius 1 is 1.17 bits per heavy atom. The third-order valence-electron chi connectivity index (χ3n) is 4.47. The van der Waals surface area contributed by atoms with E-state index >= 15 is 0 Å². The molecule has 1 saturated heterocycles. The molecule has 2 unspecified atom stereocenters. The largest absolute Gasteiger partial charge is 0.573 e. The Balaban J connectivity index is 0.00000210. The van der Waals surface area contributed by atoms with Gasteiger partial charge in [0.15, 0.2) is 0 Å². The summed E-state index contributed by atoms with van der Waals surface area (Å²) in [4.78, 5) is 0. The summed E-state index contributed by atoms with van der Waals surface area (Å²) in [6, 6.07) is 11.9. The molecule has 2 atom stereocenters. The number of rotatable bonds is 6. The van der Waals surface area contributed by atoms with Gasteiger partial charge in [0, 0.05) is 29.2 Å². The maximum atomic E-state index is 12.5. The molecule has 1 fully saturated rings. The number of ether oxygens (including phenoxy) is 2. The van der Waals surface area contributed by atoms with Crippen molar-refractivity contribution in [3.8, 4) is 11.5 Å². The molecule has 4 nitrogen and oxygen atoms in total. The van der Waals surface area contributed by atoms with E-state index in [1.165, 1.54) is 25.3 Å². The van der Waals surface area contributed by atoms with Crippen LogP contribution in [0.25, 0.3) is 0 Å². The average molecular weight is 474 g/mol. The van der Waals surface area contributed by atoms with Crippen LogP contribution in [0, 0.1) is 0 Å². The molecule has 0 aromatic heterocycles. The van der Waals surface area contributed by atoms with Crippen molar-refractivity contribution < 1.29 is 22.6 Å². The minimum absolute atomic E-state index is 0. The van der Waals surface area contributed by atoms with Crippen LogP contribution in [0.3, 0.4) is 0 Å². The van der Waals surface area contributed by atoms with Crippen molar-refractivity contribution >= 4 is 36.4 Å². The van der Waals surface area contributed by atoms with E-state index < -0.39 is 6.36 Å². The van der Waals surface area contributed by atoms with Crippen LogP contribution in [0.15, 0.2) is 42.5 Å². The van der Waals surface area contributed by atoms with Gasteiger partial charge in [0.1, 0.15) is 11.5 Å². The molecule has 0 aliphatic carbocycles. The van der Waals surface area contributed by atoms with Crippen LogP contribution in [0.1, 0.15) is 23.6 Å². The molecule has 0 bridgehead atoms. The predicted molar refractivity (Wildman–Crippen MR) is 112 cm³/mol. The minimum atomic E-state index is -4.73. The number of hydrogen-bond donors (Lipinski definition) is 2. The molecule has 1 heterocycles. The Labute approximate surface area is 184 Å². The molecule has 3 rings (SSSR count). The Kier molecular flexibility index (Phi) is 9.85. The predicted octanol–water partition coefficient (Wildman–Crippen LogP) is 5.28. The van der Waals surface area contributed by atoms with Gasteiger partial charge < -0.3 is 20.1 Å². The smallest absolute Gasteiger partial charge is 0.496 e. The minimum Gasteiger partial charge on any atom is -0.496 e. The molecular formula is C19H22Cl3F3N2O2.